The number of aliphatic hydroxyl groups is 1. The number of ether oxygens (including phenoxy) is 1. The molecule has 0 unspecified atom stereocenters. The maximum Gasteiger partial charge on any atom is 0.407 e. The van der Waals surface area contributed by atoms with Crippen LogP contribution in [0.3, 0.4) is 0 Å². The molecule has 0 bridgehead atoms. The zero-order valence-electron chi connectivity index (χ0n) is 15.3. The molecule has 3 rings (SSSR count). The molecule has 3 N–H and O–H groups in total. The molecule has 1 aliphatic carbocycles. The zero-order chi connectivity index (χ0) is 19.6. The van der Waals surface area contributed by atoms with E-state index in [9.17, 15) is 14.7 Å². The minimum atomic E-state index is -1.38. The van der Waals surface area contributed by atoms with Crippen LogP contribution in [0.4, 0.5) is 4.79 Å². The molecule has 2 aromatic rings. The summed E-state index contributed by atoms with van der Waals surface area (Å²) >= 11 is 0. The lowest BCUT2D eigenvalue weighted by Crippen LogP contribution is -2.50. The fourth-order valence-electron chi connectivity index (χ4n) is 3.43. The molecule has 1 aliphatic rings. The SMILES string of the molecule is CC(C)(O)[C@H](CC(=O)O)NC(=O)OCC1c2ccccc2-c2ccccc21. The standard InChI is InChI=1S/C21H23NO5/c1-21(2,26)18(11-19(23)24)22-20(25)27-12-17-15-9-5-3-7-13(15)14-8-4-6-10-16(14)17/h3-10,17-18,26H,11-12H2,1-2H3,(H,22,25)(H,23,24)/t18-/m0/s1. The third-order valence-electron chi connectivity index (χ3n) is 4.87. The van der Waals surface area contributed by atoms with E-state index in [0.29, 0.717) is 0 Å². The van der Waals surface area contributed by atoms with Gasteiger partial charge in [0.1, 0.15) is 6.61 Å². The number of carboxylic acid groups (broad SMARTS) is 1. The van der Waals surface area contributed by atoms with E-state index in [4.69, 9.17) is 9.84 Å². The highest BCUT2D eigenvalue weighted by molar-refractivity contribution is 5.79. The second-order valence-electron chi connectivity index (χ2n) is 7.27. The second kappa shape index (κ2) is 7.40. The van der Waals surface area contributed by atoms with Crippen molar-refractivity contribution in [1.29, 1.82) is 0 Å². The fraction of sp³-hybridized carbons (Fsp3) is 0.333. The molecule has 1 amide bonds. The monoisotopic (exact) mass is 369 g/mol. The number of nitrogens with one attached hydrogen (secondary N) is 1. The summed E-state index contributed by atoms with van der Waals surface area (Å²) in [7, 11) is 0. The van der Waals surface area contributed by atoms with E-state index in [2.05, 4.69) is 5.32 Å². The number of aliphatic carboxylic acids is 1. The van der Waals surface area contributed by atoms with E-state index in [1.165, 1.54) is 13.8 Å². The average molecular weight is 369 g/mol. The quantitative estimate of drug-likeness (QED) is 0.727. The largest absolute Gasteiger partial charge is 0.481 e. The van der Waals surface area contributed by atoms with Gasteiger partial charge in [-0.2, -0.15) is 0 Å². The van der Waals surface area contributed by atoms with Gasteiger partial charge in [0.25, 0.3) is 0 Å². The van der Waals surface area contributed by atoms with Gasteiger partial charge in [0, 0.05) is 5.92 Å². The number of benzene rings is 2. The fourth-order valence-corrected chi connectivity index (χ4v) is 3.43. The number of carbonyl (C=O) groups is 2. The van der Waals surface area contributed by atoms with Crippen molar-refractivity contribution < 1.29 is 24.5 Å². The summed E-state index contributed by atoms with van der Waals surface area (Å²) in [5.74, 6) is -1.19. The second-order valence-corrected chi connectivity index (χ2v) is 7.27. The van der Waals surface area contributed by atoms with Crippen molar-refractivity contribution in [1.82, 2.24) is 5.32 Å². The first-order valence-electron chi connectivity index (χ1n) is 8.83. The maximum atomic E-state index is 12.2. The highest BCUT2D eigenvalue weighted by Crippen LogP contribution is 2.44. The summed E-state index contributed by atoms with van der Waals surface area (Å²) in [6.45, 7) is 3.03. The normalized spacial score (nSPS) is 14.2. The van der Waals surface area contributed by atoms with E-state index in [1.807, 2.05) is 48.5 Å². The van der Waals surface area contributed by atoms with Crippen LogP contribution in [0.25, 0.3) is 11.1 Å². The number of carboxylic acids is 1. The molecule has 0 heterocycles. The smallest absolute Gasteiger partial charge is 0.407 e. The van der Waals surface area contributed by atoms with Gasteiger partial charge in [-0.1, -0.05) is 48.5 Å². The van der Waals surface area contributed by atoms with Crippen LogP contribution in [0.5, 0.6) is 0 Å². The van der Waals surface area contributed by atoms with Gasteiger partial charge in [-0.3, -0.25) is 4.79 Å². The molecule has 0 saturated heterocycles. The molecule has 6 heteroatoms. The molecule has 1 atom stereocenters. The van der Waals surface area contributed by atoms with E-state index in [1.54, 1.807) is 0 Å². The summed E-state index contributed by atoms with van der Waals surface area (Å²) in [4.78, 5) is 23.2. The predicted octanol–water partition coefficient (Wildman–Crippen LogP) is 3.14. The Kier molecular flexibility index (Phi) is 5.19. The van der Waals surface area contributed by atoms with Crippen molar-refractivity contribution in [2.45, 2.75) is 37.8 Å². The third-order valence-corrected chi connectivity index (χ3v) is 4.87. The Bertz CT molecular complexity index is 810. The number of carbonyl (C=O) groups excluding carboxylic acids is 1. The van der Waals surface area contributed by atoms with Crippen molar-refractivity contribution in [2.24, 2.45) is 0 Å². The lowest BCUT2D eigenvalue weighted by atomic mass is 9.96. The Balaban J connectivity index is 1.71. The van der Waals surface area contributed by atoms with Crippen LogP contribution in [-0.2, 0) is 9.53 Å². The van der Waals surface area contributed by atoms with Gasteiger partial charge < -0.3 is 20.3 Å². The van der Waals surface area contributed by atoms with Crippen LogP contribution >= 0.6 is 0 Å². The van der Waals surface area contributed by atoms with Crippen molar-refractivity contribution in [3.05, 3.63) is 59.7 Å². The highest BCUT2D eigenvalue weighted by atomic mass is 16.5. The lowest BCUT2D eigenvalue weighted by Gasteiger charge is -2.28. The van der Waals surface area contributed by atoms with E-state index < -0.39 is 30.1 Å². The van der Waals surface area contributed by atoms with Crippen LogP contribution < -0.4 is 5.32 Å². The summed E-state index contributed by atoms with van der Waals surface area (Å²) in [5.41, 5.74) is 3.06. The topological polar surface area (TPSA) is 95.9 Å². The summed E-state index contributed by atoms with van der Waals surface area (Å²) in [6, 6.07) is 15.0. The van der Waals surface area contributed by atoms with Crippen molar-refractivity contribution >= 4 is 12.1 Å². The lowest BCUT2D eigenvalue weighted by molar-refractivity contribution is -0.139. The van der Waals surface area contributed by atoms with Gasteiger partial charge in [0.05, 0.1) is 18.1 Å². The minimum Gasteiger partial charge on any atom is -0.481 e. The summed E-state index contributed by atoms with van der Waals surface area (Å²) in [5, 5.41) is 21.5. The van der Waals surface area contributed by atoms with Crippen LogP contribution in [0.1, 0.15) is 37.3 Å². The Morgan fingerprint density at radius 2 is 1.59 bits per heavy atom. The number of alkyl carbamates (subject to hydrolysis) is 1. The van der Waals surface area contributed by atoms with Crippen LogP contribution in [0.2, 0.25) is 0 Å². The number of hydrogen-bond acceptors (Lipinski definition) is 4. The highest BCUT2D eigenvalue weighted by Gasteiger charge is 2.32. The molecular weight excluding hydrogens is 346 g/mol. The molecule has 6 nitrogen and oxygen atoms in total. The molecule has 142 valence electrons. The Morgan fingerprint density at radius 3 is 2.07 bits per heavy atom. The summed E-state index contributed by atoms with van der Waals surface area (Å²) < 4.78 is 5.39. The molecule has 27 heavy (non-hydrogen) atoms. The van der Waals surface area contributed by atoms with Crippen molar-refractivity contribution in [2.75, 3.05) is 6.61 Å². The van der Waals surface area contributed by atoms with Gasteiger partial charge >= 0.3 is 12.1 Å². The number of rotatable bonds is 6. The number of amides is 1. The molecule has 0 aliphatic heterocycles. The molecule has 0 aromatic heterocycles. The first kappa shape index (κ1) is 18.9. The maximum absolute atomic E-state index is 12.2. The first-order chi connectivity index (χ1) is 12.8. The molecule has 2 aromatic carbocycles. The van der Waals surface area contributed by atoms with Crippen molar-refractivity contribution in [3.63, 3.8) is 0 Å². The summed E-state index contributed by atoms with van der Waals surface area (Å²) in [6.07, 6.45) is -1.14. The van der Waals surface area contributed by atoms with Crippen LogP contribution in [-0.4, -0.2) is 40.5 Å². The predicted molar refractivity (Wildman–Crippen MR) is 101 cm³/mol. The Morgan fingerprint density at radius 1 is 1.07 bits per heavy atom. The molecule has 0 saturated carbocycles. The van der Waals surface area contributed by atoms with Gasteiger partial charge in [-0.05, 0) is 36.1 Å². The van der Waals surface area contributed by atoms with Gasteiger partial charge in [-0.15, -0.1) is 0 Å². The number of hydrogen-bond donors (Lipinski definition) is 3. The van der Waals surface area contributed by atoms with E-state index >= 15 is 0 Å². The Labute approximate surface area is 157 Å². The Hall–Kier alpha value is -2.86. The van der Waals surface area contributed by atoms with E-state index in [-0.39, 0.29) is 12.5 Å². The van der Waals surface area contributed by atoms with Gasteiger partial charge in [0.2, 0.25) is 0 Å². The molecule has 0 radical (unpaired) electrons. The molecular formula is C21H23NO5. The van der Waals surface area contributed by atoms with Crippen LogP contribution in [0, 0.1) is 0 Å². The van der Waals surface area contributed by atoms with Gasteiger partial charge in [0.15, 0.2) is 0 Å². The zero-order valence-corrected chi connectivity index (χ0v) is 15.3. The van der Waals surface area contributed by atoms with Gasteiger partial charge in [-0.25, -0.2) is 4.79 Å². The molecule has 0 spiro atoms. The van der Waals surface area contributed by atoms with E-state index in [0.717, 1.165) is 22.3 Å². The number of fused-ring (bicyclic) bond motifs is 3. The minimum absolute atomic E-state index is 0.0804. The third kappa shape index (κ3) is 4.11. The molecule has 0 fully saturated rings. The average Bonchev–Trinajstić information content (AvgIpc) is 2.92. The van der Waals surface area contributed by atoms with Crippen LogP contribution in [0.15, 0.2) is 48.5 Å². The van der Waals surface area contributed by atoms with Crippen molar-refractivity contribution in [3.8, 4) is 11.1 Å². The first-order valence-corrected chi connectivity index (χ1v) is 8.83.